The van der Waals surface area contributed by atoms with Crippen LogP contribution < -0.4 is 15.5 Å². The number of halogens is 4. The summed E-state index contributed by atoms with van der Waals surface area (Å²) in [7, 11) is 0. The predicted molar refractivity (Wildman–Crippen MR) is 122 cm³/mol. The van der Waals surface area contributed by atoms with Crippen LogP contribution in [0.1, 0.15) is 11.3 Å². The van der Waals surface area contributed by atoms with E-state index in [1.165, 1.54) is 12.1 Å². The van der Waals surface area contributed by atoms with Gasteiger partial charge >= 0.3 is 6.18 Å². The molecule has 3 heterocycles. The maximum Gasteiger partial charge on any atom is 0.416 e. The Morgan fingerprint density at radius 1 is 1.06 bits per heavy atom. The van der Waals surface area contributed by atoms with E-state index >= 15 is 0 Å². The molecule has 0 radical (unpaired) electrons. The van der Waals surface area contributed by atoms with E-state index < -0.39 is 17.6 Å². The number of anilines is 4. The van der Waals surface area contributed by atoms with Crippen LogP contribution in [0.15, 0.2) is 54.7 Å². The molecule has 2 N–H and O–H groups in total. The summed E-state index contributed by atoms with van der Waals surface area (Å²) in [6.45, 7) is 2.52. The summed E-state index contributed by atoms with van der Waals surface area (Å²) in [6.07, 6.45) is 0.252. The molecule has 4 rings (SSSR count). The van der Waals surface area contributed by atoms with Gasteiger partial charge in [-0.15, -0.1) is 0 Å². The Morgan fingerprint density at radius 2 is 1.85 bits per heavy atom. The number of benzene rings is 1. The summed E-state index contributed by atoms with van der Waals surface area (Å²) in [5.74, 6) is 0.448. The van der Waals surface area contributed by atoms with Crippen molar-refractivity contribution in [3.05, 3.63) is 71.8 Å². The Labute approximate surface area is 193 Å². The largest absolute Gasteiger partial charge is 0.416 e. The third kappa shape index (κ3) is 6.19. The Balaban J connectivity index is 1.36. The summed E-state index contributed by atoms with van der Waals surface area (Å²) in [5.41, 5.74) is 0.155. The van der Waals surface area contributed by atoms with Crippen molar-refractivity contribution in [2.45, 2.75) is 6.18 Å². The van der Waals surface area contributed by atoms with Gasteiger partial charge in [0.2, 0.25) is 5.95 Å². The number of aromatic nitrogens is 3. The molecule has 1 aliphatic heterocycles. The van der Waals surface area contributed by atoms with Crippen molar-refractivity contribution in [1.82, 2.24) is 15.0 Å². The van der Waals surface area contributed by atoms with Crippen molar-refractivity contribution in [1.29, 1.82) is 0 Å². The zero-order valence-corrected chi connectivity index (χ0v) is 18.0. The molecular weight excluding hydrogens is 452 g/mol. The van der Waals surface area contributed by atoms with E-state index in [2.05, 4.69) is 25.6 Å². The van der Waals surface area contributed by atoms with Gasteiger partial charge < -0.3 is 20.3 Å². The molecule has 11 heteroatoms. The van der Waals surface area contributed by atoms with Crippen LogP contribution in [0, 0.1) is 5.82 Å². The van der Waals surface area contributed by atoms with Crippen molar-refractivity contribution in [3.63, 3.8) is 0 Å². The Morgan fingerprint density at radius 3 is 2.65 bits per heavy atom. The van der Waals surface area contributed by atoms with Crippen LogP contribution in [-0.2, 0) is 10.9 Å². The molecule has 0 amide bonds. The number of hydrogen-bond acceptors (Lipinski definition) is 7. The fourth-order valence-electron chi connectivity index (χ4n) is 3.31. The first-order chi connectivity index (χ1) is 16.4. The second-order valence-electron chi connectivity index (χ2n) is 7.40. The summed E-state index contributed by atoms with van der Waals surface area (Å²) in [6, 6.07) is 10.1. The van der Waals surface area contributed by atoms with Crippen LogP contribution in [0.2, 0.25) is 0 Å². The Bertz CT molecular complexity index is 1150. The molecular formula is C23H22F4N6O. The Hall–Kier alpha value is -3.73. The van der Waals surface area contributed by atoms with Crippen molar-refractivity contribution in [3.8, 4) is 0 Å². The van der Waals surface area contributed by atoms with Gasteiger partial charge in [-0.2, -0.15) is 18.2 Å². The minimum absolute atomic E-state index is 0.236. The average Bonchev–Trinajstić information content (AvgIpc) is 2.83. The zero-order chi connectivity index (χ0) is 24.0. The fraction of sp³-hybridized carbons (Fsp3) is 0.261. The number of rotatable bonds is 7. The number of hydrogen-bond donors (Lipinski definition) is 2. The van der Waals surface area contributed by atoms with Crippen molar-refractivity contribution in [2.75, 3.05) is 48.4 Å². The monoisotopic (exact) mass is 474 g/mol. The van der Waals surface area contributed by atoms with Gasteiger partial charge in [-0.3, -0.25) is 0 Å². The molecule has 1 aromatic carbocycles. The molecule has 0 saturated carbocycles. The lowest BCUT2D eigenvalue weighted by Crippen LogP contribution is -2.37. The first kappa shape index (κ1) is 23.4. The van der Waals surface area contributed by atoms with E-state index in [0.717, 1.165) is 18.3 Å². The van der Waals surface area contributed by atoms with Gasteiger partial charge in [0.1, 0.15) is 5.82 Å². The first-order valence-electron chi connectivity index (χ1n) is 10.6. The fourth-order valence-corrected chi connectivity index (χ4v) is 3.31. The van der Waals surface area contributed by atoms with E-state index in [9.17, 15) is 17.6 Å². The van der Waals surface area contributed by atoms with Crippen molar-refractivity contribution >= 4 is 29.3 Å². The highest BCUT2D eigenvalue weighted by Gasteiger charge is 2.30. The van der Waals surface area contributed by atoms with Gasteiger partial charge in [0.25, 0.3) is 0 Å². The highest BCUT2D eigenvalue weighted by Crippen LogP contribution is 2.31. The molecule has 0 atom stereocenters. The minimum atomic E-state index is -4.42. The van der Waals surface area contributed by atoms with Gasteiger partial charge in [-0.1, -0.05) is 18.2 Å². The average molecular weight is 474 g/mol. The second kappa shape index (κ2) is 10.5. The highest BCUT2D eigenvalue weighted by molar-refractivity contribution is 5.59. The molecule has 178 valence electrons. The van der Waals surface area contributed by atoms with Crippen molar-refractivity contribution < 1.29 is 22.3 Å². The lowest BCUT2D eigenvalue weighted by Gasteiger charge is -2.28. The lowest BCUT2D eigenvalue weighted by atomic mass is 10.2. The lowest BCUT2D eigenvalue weighted by molar-refractivity contribution is -0.137. The number of nitrogens with zero attached hydrogens (tertiary/aromatic N) is 4. The van der Waals surface area contributed by atoms with Crippen LogP contribution >= 0.6 is 0 Å². The Kier molecular flexibility index (Phi) is 7.21. The third-order valence-corrected chi connectivity index (χ3v) is 4.94. The number of morpholine rings is 1. The van der Waals surface area contributed by atoms with Crippen LogP contribution in [0.4, 0.5) is 40.8 Å². The summed E-state index contributed by atoms with van der Waals surface area (Å²) < 4.78 is 58.1. The quantitative estimate of drug-likeness (QED) is 0.480. The smallest absolute Gasteiger partial charge is 0.378 e. The predicted octanol–water partition coefficient (Wildman–Crippen LogP) is 4.74. The standard InChI is InChI=1S/C23H22F4N6O/c24-19-15-29-22(32-21(19)33-10-12-34-13-11-33)28-9-3-7-17-5-2-8-20(30-17)31-18-6-1-4-16(14-18)23(25,26)27/h1-8,14-15H,9-13H2,(H,30,31)(H,28,29,32)/b7-3+. The molecule has 2 aromatic heterocycles. The number of nitrogens with one attached hydrogen (secondary N) is 2. The maximum atomic E-state index is 14.1. The molecule has 7 nitrogen and oxygen atoms in total. The molecule has 1 aliphatic rings. The highest BCUT2D eigenvalue weighted by atomic mass is 19.4. The molecule has 1 fully saturated rings. The van der Waals surface area contributed by atoms with Crippen LogP contribution in [0.25, 0.3) is 6.08 Å². The number of ether oxygens (including phenoxy) is 1. The normalized spacial score (nSPS) is 14.4. The van der Waals surface area contributed by atoms with E-state index in [1.807, 2.05) is 4.90 Å². The van der Waals surface area contributed by atoms with E-state index in [1.54, 1.807) is 30.4 Å². The molecule has 0 aliphatic carbocycles. The van der Waals surface area contributed by atoms with Crippen LogP contribution in [-0.4, -0.2) is 47.8 Å². The number of alkyl halides is 3. The van der Waals surface area contributed by atoms with E-state index in [4.69, 9.17) is 4.74 Å². The molecule has 3 aromatic rings. The molecule has 0 bridgehead atoms. The van der Waals surface area contributed by atoms with Gasteiger partial charge in [0, 0.05) is 25.3 Å². The minimum Gasteiger partial charge on any atom is -0.378 e. The van der Waals surface area contributed by atoms with Gasteiger partial charge in [0.15, 0.2) is 11.6 Å². The summed E-state index contributed by atoms with van der Waals surface area (Å²) in [4.78, 5) is 14.4. The third-order valence-electron chi connectivity index (χ3n) is 4.94. The van der Waals surface area contributed by atoms with Crippen LogP contribution in [0.3, 0.4) is 0 Å². The summed E-state index contributed by atoms with van der Waals surface area (Å²) in [5, 5.41) is 5.90. The van der Waals surface area contributed by atoms with Crippen LogP contribution in [0.5, 0.6) is 0 Å². The second-order valence-corrected chi connectivity index (χ2v) is 7.40. The summed E-state index contributed by atoms with van der Waals surface area (Å²) >= 11 is 0. The maximum absolute atomic E-state index is 14.1. The molecule has 34 heavy (non-hydrogen) atoms. The topological polar surface area (TPSA) is 75.2 Å². The van der Waals surface area contributed by atoms with Gasteiger partial charge in [0.05, 0.1) is 30.7 Å². The molecule has 0 spiro atoms. The van der Waals surface area contributed by atoms with Crippen molar-refractivity contribution in [2.24, 2.45) is 0 Å². The zero-order valence-electron chi connectivity index (χ0n) is 18.0. The van der Waals surface area contributed by atoms with E-state index in [0.29, 0.717) is 50.3 Å². The van der Waals surface area contributed by atoms with Gasteiger partial charge in [-0.25, -0.2) is 14.4 Å². The van der Waals surface area contributed by atoms with E-state index in [-0.39, 0.29) is 11.5 Å². The first-order valence-corrected chi connectivity index (χ1v) is 10.6. The molecule has 1 saturated heterocycles. The number of pyridine rings is 1. The SMILES string of the molecule is Fc1cnc(NC/C=C/c2cccc(Nc3cccc(C(F)(F)F)c3)n2)nc1N1CCOCC1. The van der Waals surface area contributed by atoms with Gasteiger partial charge in [-0.05, 0) is 36.4 Å². The molecule has 0 unspecified atom stereocenters.